The smallest absolute Gasteiger partial charge is 0.413 e. The van der Waals surface area contributed by atoms with Crippen LogP contribution in [0.3, 0.4) is 0 Å². The maximum Gasteiger partial charge on any atom is 0.413 e. The zero-order valence-electron chi connectivity index (χ0n) is 18.8. The third kappa shape index (κ3) is 5.67. The van der Waals surface area contributed by atoms with Crippen molar-refractivity contribution in [3.8, 4) is 23.5 Å². The highest BCUT2D eigenvalue weighted by Gasteiger charge is 2.29. The largest absolute Gasteiger partial charge is 0.480 e. The van der Waals surface area contributed by atoms with Gasteiger partial charge in [0.15, 0.2) is 5.13 Å². The molecule has 0 spiro atoms. The second-order valence-electron chi connectivity index (χ2n) is 7.93. The molecule has 0 bridgehead atoms. The lowest BCUT2D eigenvalue weighted by atomic mass is 9.98. The second kappa shape index (κ2) is 10.8. The minimum absolute atomic E-state index is 0.0391. The van der Waals surface area contributed by atoms with E-state index in [-0.39, 0.29) is 31.4 Å². The molecular weight excluding hydrogens is 466 g/mol. The van der Waals surface area contributed by atoms with Gasteiger partial charge in [0.2, 0.25) is 5.91 Å². The van der Waals surface area contributed by atoms with Crippen LogP contribution in [0.4, 0.5) is 9.93 Å². The number of hydrogen-bond acceptors (Lipinski definition) is 6. The first-order chi connectivity index (χ1) is 17.0. The summed E-state index contributed by atoms with van der Waals surface area (Å²) in [7, 11) is 0. The number of aryl methyl sites for hydroxylation is 1. The van der Waals surface area contributed by atoms with Gasteiger partial charge in [-0.05, 0) is 28.7 Å². The van der Waals surface area contributed by atoms with Gasteiger partial charge < -0.3 is 14.7 Å². The van der Waals surface area contributed by atoms with Crippen LogP contribution in [0.5, 0.6) is 0 Å². The lowest BCUT2D eigenvalue weighted by Crippen LogP contribution is -2.36. The summed E-state index contributed by atoms with van der Waals surface area (Å²) in [5.41, 5.74) is 4.56. The number of aliphatic carboxylic acids is 1. The van der Waals surface area contributed by atoms with Crippen molar-refractivity contribution in [3.63, 3.8) is 0 Å². The Morgan fingerprint density at radius 3 is 2.40 bits per heavy atom. The minimum Gasteiger partial charge on any atom is -0.480 e. The molecular formula is C26H23N3O5S. The number of benzene rings is 2. The van der Waals surface area contributed by atoms with Gasteiger partial charge in [-0.1, -0.05) is 54.5 Å². The number of fused-ring (bicyclic) bond motifs is 3. The molecule has 0 aliphatic heterocycles. The average molecular weight is 490 g/mol. The van der Waals surface area contributed by atoms with Crippen molar-refractivity contribution in [1.82, 2.24) is 9.88 Å². The van der Waals surface area contributed by atoms with Crippen LogP contribution in [0.15, 0.2) is 54.7 Å². The number of carboxylic acid groups (broad SMARTS) is 1. The standard InChI is InChI=1S/C26H23N3O5S/c1-2-13-29(15-24(31)32)23(30)12-11-17-14-27-25(35-17)28-26(33)34-16-22-20-9-5-3-7-18(20)19-8-4-6-10-21(19)22/h1,3-10,14,22H,11-13,15-16H2,(H,31,32)(H,27,28,33). The number of aromatic nitrogens is 1. The van der Waals surface area contributed by atoms with Crippen LogP contribution in [0.2, 0.25) is 0 Å². The molecule has 2 aromatic carbocycles. The first-order valence-electron chi connectivity index (χ1n) is 11.0. The maximum absolute atomic E-state index is 12.4. The highest BCUT2D eigenvalue weighted by Crippen LogP contribution is 2.44. The normalized spacial score (nSPS) is 11.7. The summed E-state index contributed by atoms with van der Waals surface area (Å²) in [4.78, 5) is 41.7. The zero-order chi connectivity index (χ0) is 24.8. The van der Waals surface area contributed by atoms with Crippen LogP contribution in [-0.2, 0) is 20.7 Å². The van der Waals surface area contributed by atoms with Crippen LogP contribution < -0.4 is 5.32 Å². The number of thiazole rings is 1. The number of nitrogens with one attached hydrogen (secondary N) is 1. The van der Waals surface area contributed by atoms with Crippen molar-refractivity contribution < 1.29 is 24.2 Å². The molecule has 1 aliphatic rings. The molecule has 178 valence electrons. The Labute approximate surface area is 206 Å². The first kappa shape index (κ1) is 24.0. The van der Waals surface area contributed by atoms with Crippen molar-refractivity contribution in [2.24, 2.45) is 0 Å². The first-order valence-corrected chi connectivity index (χ1v) is 11.8. The zero-order valence-corrected chi connectivity index (χ0v) is 19.6. The van der Waals surface area contributed by atoms with Crippen molar-refractivity contribution in [2.45, 2.75) is 18.8 Å². The van der Waals surface area contributed by atoms with E-state index in [2.05, 4.69) is 40.5 Å². The highest BCUT2D eigenvalue weighted by molar-refractivity contribution is 7.15. The third-order valence-corrected chi connectivity index (χ3v) is 6.63. The number of amides is 2. The molecule has 0 unspecified atom stereocenters. The molecule has 1 aliphatic carbocycles. The molecule has 4 rings (SSSR count). The van der Waals surface area contributed by atoms with E-state index in [0.717, 1.165) is 32.0 Å². The van der Waals surface area contributed by atoms with Gasteiger partial charge in [-0.2, -0.15) is 0 Å². The van der Waals surface area contributed by atoms with Crippen LogP contribution >= 0.6 is 11.3 Å². The van der Waals surface area contributed by atoms with Gasteiger partial charge in [0.1, 0.15) is 13.2 Å². The van der Waals surface area contributed by atoms with Gasteiger partial charge >= 0.3 is 12.1 Å². The Balaban J connectivity index is 1.30. The average Bonchev–Trinajstić information content (AvgIpc) is 3.42. The van der Waals surface area contributed by atoms with E-state index in [9.17, 15) is 14.4 Å². The molecule has 0 radical (unpaired) electrons. The van der Waals surface area contributed by atoms with Gasteiger partial charge in [0.25, 0.3) is 0 Å². The summed E-state index contributed by atoms with van der Waals surface area (Å²) in [6.07, 6.45) is 6.61. The molecule has 0 atom stereocenters. The van der Waals surface area contributed by atoms with Crippen LogP contribution in [-0.4, -0.2) is 52.7 Å². The van der Waals surface area contributed by atoms with Gasteiger partial charge in [0.05, 0.1) is 6.54 Å². The number of ether oxygens (including phenoxy) is 1. The molecule has 1 heterocycles. The molecule has 3 aromatic rings. The third-order valence-electron chi connectivity index (χ3n) is 5.65. The summed E-state index contributed by atoms with van der Waals surface area (Å²) < 4.78 is 5.53. The molecule has 9 heteroatoms. The summed E-state index contributed by atoms with van der Waals surface area (Å²) in [6.45, 7) is -0.316. The summed E-state index contributed by atoms with van der Waals surface area (Å²) >= 11 is 1.23. The van der Waals surface area contributed by atoms with Gasteiger partial charge in [0, 0.05) is 23.4 Å². The van der Waals surface area contributed by atoms with E-state index in [1.54, 1.807) is 6.20 Å². The Morgan fingerprint density at radius 2 is 1.77 bits per heavy atom. The second-order valence-corrected chi connectivity index (χ2v) is 9.05. The monoisotopic (exact) mass is 489 g/mol. The fourth-order valence-corrected chi connectivity index (χ4v) is 4.89. The van der Waals surface area contributed by atoms with Crippen LogP contribution in [0.25, 0.3) is 11.1 Å². The van der Waals surface area contributed by atoms with Crippen molar-refractivity contribution in [1.29, 1.82) is 0 Å². The van der Waals surface area contributed by atoms with Crippen molar-refractivity contribution >= 4 is 34.4 Å². The number of nitrogens with zero attached hydrogens (tertiary/aromatic N) is 2. The molecule has 2 amide bonds. The molecule has 1 aromatic heterocycles. The Morgan fingerprint density at radius 1 is 1.11 bits per heavy atom. The molecule has 8 nitrogen and oxygen atoms in total. The summed E-state index contributed by atoms with van der Waals surface area (Å²) in [6, 6.07) is 16.2. The van der Waals surface area contributed by atoms with E-state index < -0.39 is 18.6 Å². The summed E-state index contributed by atoms with van der Waals surface area (Å²) in [5.74, 6) is 0.772. The SMILES string of the molecule is C#CCN(CC(=O)O)C(=O)CCc1cnc(NC(=O)OCC2c3ccccc3-c3ccccc32)s1. The quantitative estimate of drug-likeness (QED) is 0.440. The number of carboxylic acids is 1. The fourth-order valence-electron chi connectivity index (χ4n) is 4.10. The number of terminal acetylenes is 1. The van der Waals surface area contributed by atoms with Crippen molar-refractivity contribution in [2.75, 3.05) is 25.0 Å². The number of hydrogen-bond donors (Lipinski definition) is 2. The molecule has 2 N–H and O–H groups in total. The van der Waals surface area contributed by atoms with Gasteiger partial charge in [-0.25, -0.2) is 9.78 Å². The topological polar surface area (TPSA) is 109 Å². The van der Waals surface area contributed by atoms with Gasteiger partial charge in [-0.3, -0.25) is 14.9 Å². The van der Waals surface area contributed by atoms with E-state index in [1.807, 2.05) is 24.3 Å². The molecule has 0 fully saturated rings. The summed E-state index contributed by atoms with van der Waals surface area (Å²) in [5, 5.41) is 11.9. The number of carbonyl (C=O) groups is 3. The maximum atomic E-state index is 12.4. The van der Waals surface area contributed by atoms with E-state index in [0.29, 0.717) is 11.6 Å². The predicted octanol–water partition coefficient (Wildman–Crippen LogP) is 3.98. The molecule has 0 saturated carbocycles. The lowest BCUT2D eigenvalue weighted by Gasteiger charge is -2.17. The Hall–Kier alpha value is -4.16. The molecule has 0 saturated heterocycles. The lowest BCUT2D eigenvalue weighted by molar-refractivity contribution is -0.143. The predicted molar refractivity (Wildman–Crippen MR) is 132 cm³/mol. The Kier molecular flexibility index (Phi) is 7.43. The molecule has 35 heavy (non-hydrogen) atoms. The minimum atomic E-state index is -1.12. The highest BCUT2D eigenvalue weighted by atomic mass is 32.1. The number of rotatable bonds is 9. The van der Waals surface area contributed by atoms with E-state index in [1.165, 1.54) is 11.3 Å². The number of carbonyl (C=O) groups excluding carboxylic acids is 2. The van der Waals surface area contributed by atoms with Crippen molar-refractivity contribution in [3.05, 3.63) is 70.7 Å². The van der Waals surface area contributed by atoms with Crippen LogP contribution in [0, 0.1) is 12.3 Å². The fraction of sp³-hybridized carbons (Fsp3) is 0.231. The Bertz CT molecular complexity index is 1250. The van der Waals surface area contributed by atoms with Crippen LogP contribution in [0.1, 0.15) is 28.3 Å². The van der Waals surface area contributed by atoms with Gasteiger partial charge in [-0.15, -0.1) is 17.8 Å². The number of anilines is 1. The van der Waals surface area contributed by atoms with E-state index >= 15 is 0 Å². The van der Waals surface area contributed by atoms with E-state index in [4.69, 9.17) is 16.3 Å².